The summed E-state index contributed by atoms with van der Waals surface area (Å²) in [5.41, 5.74) is 3.09. The average molecular weight is 472 g/mol. The topological polar surface area (TPSA) is 70.5 Å². The van der Waals surface area contributed by atoms with Crippen molar-refractivity contribution in [2.24, 2.45) is 5.92 Å². The Hall–Kier alpha value is -1.89. The number of piperazine rings is 1. The minimum Gasteiger partial charge on any atom is -0.342 e. The molecule has 0 radical (unpaired) electrons. The van der Waals surface area contributed by atoms with Gasteiger partial charge in [0.2, 0.25) is 11.8 Å². The molecule has 2 amide bonds. The molecule has 1 aromatic heterocycles. The summed E-state index contributed by atoms with van der Waals surface area (Å²) >= 11 is 0. The third-order valence-electron chi connectivity index (χ3n) is 8.46. The van der Waals surface area contributed by atoms with Gasteiger partial charge >= 0.3 is 0 Å². The summed E-state index contributed by atoms with van der Waals surface area (Å²) in [6, 6.07) is 0.180. The van der Waals surface area contributed by atoms with E-state index < -0.39 is 5.54 Å². The minimum atomic E-state index is -0.686. The summed E-state index contributed by atoms with van der Waals surface area (Å²) in [7, 11) is 0. The van der Waals surface area contributed by atoms with Crippen LogP contribution in [0.2, 0.25) is 0 Å². The van der Waals surface area contributed by atoms with E-state index >= 15 is 0 Å². The van der Waals surface area contributed by atoms with Crippen LogP contribution in [0.1, 0.15) is 102 Å². The van der Waals surface area contributed by atoms with Crippen LogP contribution in [0.25, 0.3) is 0 Å². The van der Waals surface area contributed by atoms with Crippen LogP contribution in [-0.4, -0.2) is 62.6 Å². The number of hydrogen-bond donors (Lipinski definition) is 1. The van der Waals surface area contributed by atoms with Gasteiger partial charge in [-0.25, -0.2) is 0 Å². The largest absolute Gasteiger partial charge is 0.342 e. The van der Waals surface area contributed by atoms with Gasteiger partial charge in [0.1, 0.15) is 11.6 Å². The number of piperidine rings is 1. The zero-order valence-corrected chi connectivity index (χ0v) is 22.0. The highest BCUT2D eigenvalue weighted by atomic mass is 16.2. The number of hydrogen-bond acceptors (Lipinski definition) is 4. The van der Waals surface area contributed by atoms with Crippen molar-refractivity contribution in [3.8, 4) is 0 Å². The quantitative estimate of drug-likeness (QED) is 0.619. The van der Waals surface area contributed by atoms with Crippen LogP contribution in [0.3, 0.4) is 0 Å². The van der Waals surface area contributed by atoms with Crippen LogP contribution in [0.5, 0.6) is 0 Å². The van der Waals surface area contributed by atoms with Crippen LogP contribution in [0, 0.1) is 19.8 Å². The van der Waals surface area contributed by atoms with Gasteiger partial charge in [0.05, 0.1) is 11.7 Å². The molecule has 1 atom stereocenters. The molecule has 7 nitrogen and oxygen atoms in total. The fraction of sp³-hybridized carbons (Fsp3) is 0.815. The molecule has 3 fully saturated rings. The van der Waals surface area contributed by atoms with Crippen molar-refractivity contribution in [3.63, 3.8) is 0 Å². The average Bonchev–Trinajstić information content (AvgIpc) is 3.42. The second-order valence-corrected chi connectivity index (χ2v) is 11.3. The van der Waals surface area contributed by atoms with Crippen molar-refractivity contribution in [2.75, 3.05) is 19.6 Å². The van der Waals surface area contributed by atoms with Gasteiger partial charge < -0.3 is 10.2 Å². The van der Waals surface area contributed by atoms with Gasteiger partial charge in [-0.1, -0.05) is 40.0 Å². The first-order valence-electron chi connectivity index (χ1n) is 13.7. The van der Waals surface area contributed by atoms with E-state index in [2.05, 4.69) is 49.5 Å². The van der Waals surface area contributed by atoms with E-state index in [1.54, 1.807) is 0 Å². The molecule has 4 rings (SSSR count). The van der Waals surface area contributed by atoms with E-state index in [1.807, 2.05) is 4.90 Å². The van der Waals surface area contributed by atoms with E-state index in [-0.39, 0.29) is 17.9 Å². The van der Waals surface area contributed by atoms with Crippen LogP contribution in [0.15, 0.2) is 0 Å². The Kier molecular flexibility index (Phi) is 7.70. The first kappa shape index (κ1) is 25.2. The van der Waals surface area contributed by atoms with Crippen LogP contribution in [-0.2, 0) is 16.1 Å². The lowest BCUT2D eigenvalue weighted by molar-refractivity contribution is -0.161. The molecule has 1 saturated carbocycles. The number of nitrogens with zero attached hydrogens (tertiary/aromatic N) is 4. The molecule has 0 aromatic carbocycles. The molecule has 2 aliphatic heterocycles. The third-order valence-corrected chi connectivity index (χ3v) is 8.46. The normalized spacial score (nSPS) is 23.9. The van der Waals surface area contributed by atoms with Gasteiger partial charge in [0.25, 0.3) is 0 Å². The van der Waals surface area contributed by atoms with E-state index in [1.165, 1.54) is 36.9 Å². The molecule has 1 aromatic rings. The summed E-state index contributed by atoms with van der Waals surface area (Å²) in [6.07, 6.45) is 9.17. The Morgan fingerprint density at radius 2 is 1.79 bits per heavy atom. The Morgan fingerprint density at radius 3 is 2.41 bits per heavy atom. The van der Waals surface area contributed by atoms with E-state index in [4.69, 9.17) is 5.10 Å². The molecule has 2 saturated heterocycles. The molecule has 190 valence electrons. The smallest absolute Gasteiger partial charge is 0.246 e. The summed E-state index contributed by atoms with van der Waals surface area (Å²) < 4.78 is 2.28. The first-order valence-corrected chi connectivity index (χ1v) is 13.7. The molecule has 1 aliphatic carbocycles. The monoisotopic (exact) mass is 471 g/mol. The lowest BCUT2D eigenvalue weighted by Gasteiger charge is -2.52. The highest BCUT2D eigenvalue weighted by Gasteiger charge is 2.53. The fourth-order valence-electron chi connectivity index (χ4n) is 6.38. The van der Waals surface area contributed by atoms with Crippen molar-refractivity contribution in [1.82, 2.24) is 24.9 Å². The van der Waals surface area contributed by atoms with Crippen LogP contribution in [0.4, 0.5) is 0 Å². The van der Waals surface area contributed by atoms with Crippen molar-refractivity contribution >= 4 is 11.8 Å². The molecular weight excluding hydrogens is 426 g/mol. The fourth-order valence-corrected chi connectivity index (χ4v) is 6.38. The van der Waals surface area contributed by atoms with Crippen molar-refractivity contribution < 1.29 is 9.59 Å². The maximum Gasteiger partial charge on any atom is 0.246 e. The number of likely N-dealkylation sites (tertiary alicyclic amines) is 1. The van der Waals surface area contributed by atoms with Crippen molar-refractivity contribution in [2.45, 2.75) is 117 Å². The Bertz CT molecular complexity index is 878. The number of unbranched alkanes of at least 4 members (excludes halogenated alkanes) is 1. The number of carbonyl (C=O) groups is 2. The van der Waals surface area contributed by atoms with Crippen molar-refractivity contribution in [3.05, 3.63) is 17.0 Å². The molecule has 3 aliphatic rings. The summed E-state index contributed by atoms with van der Waals surface area (Å²) in [4.78, 5) is 31.4. The van der Waals surface area contributed by atoms with Gasteiger partial charge in [-0.3, -0.25) is 19.2 Å². The van der Waals surface area contributed by atoms with Gasteiger partial charge in [-0.2, -0.15) is 5.10 Å². The molecule has 1 unspecified atom stereocenters. The molecule has 0 bridgehead atoms. The number of aromatic nitrogens is 2. The van der Waals surface area contributed by atoms with Crippen LogP contribution < -0.4 is 5.32 Å². The molecule has 3 heterocycles. The summed E-state index contributed by atoms with van der Waals surface area (Å²) in [5, 5.41) is 8.03. The molecular formula is C27H45N5O2. The second kappa shape index (κ2) is 10.4. The summed E-state index contributed by atoms with van der Waals surface area (Å²) in [5.74, 6) is 0.560. The maximum absolute atomic E-state index is 13.5. The lowest BCUT2D eigenvalue weighted by atomic mass is 9.80. The maximum atomic E-state index is 13.5. The highest BCUT2D eigenvalue weighted by molar-refractivity contribution is 6.00. The van der Waals surface area contributed by atoms with E-state index in [9.17, 15) is 9.59 Å². The number of nitrogens with one attached hydrogen (secondary N) is 1. The molecule has 7 heteroatoms. The van der Waals surface area contributed by atoms with E-state index in [0.29, 0.717) is 37.8 Å². The van der Waals surface area contributed by atoms with Gasteiger partial charge in [-0.05, 0) is 58.3 Å². The van der Waals surface area contributed by atoms with Crippen molar-refractivity contribution in [1.29, 1.82) is 0 Å². The Morgan fingerprint density at radius 1 is 1.12 bits per heavy atom. The Balaban J connectivity index is 1.47. The van der Waals surface area contributed by atoms with Gasteiger partial charge in [0, 0.05) is 37.4 Å². The lowest BCUT2D eigenvalue weighted by Crippen LogP contribution is -2.73. The molecule has 1 N–H and O–H groups in total. The second-order valence-electron chi connectivity index (χ2n) is 11.3. The predicted molar refractivity (Wildman–Crippen MR) is 134 cm³/mol. The zero-order valence-electron chi connectivity index (χ0n) is 22.0. The molecule has 1 spiro atoms. The number of aryl methyl sites for hydroxylation is 1. The molecule has 34 heavy (non-hydrogen) atoms. The van der Waals surface area contributed by atoms with Gasteiger partial charge in [-0.15, -0.1) is 0 Å². The predicted octanol–water partition coefficient (Wildman–Crippen LogP) is 4.12. The number of amides is 2. The highest BCUT2D eigenvalue weighted by Crippen LogP contribution is 2.36. The number of rotatable bonds is 8. The Labute approximate surface area is 205 Å². The SMILES string of the molecule is CCCCN1C(=O)C(CC(C)C)NC(=O)C12CCN(Cc1c(C)nn(C3CCCC3)c1C)CC2. The van der Waals surface area contributed by atoms with E-state index in [0.717, 1.165) is 38.2 Å². The zero-order chi connectivity index (χ0) is 24.5. The number of carbonyl (C=O) groups excluding carboxylic acids is 2. The minimum absolute atomic E-state index is 0.0647. The first-order chi connectivity index (χ1) is 16.3. The van der Waals surface area contributed by atoms with Crippen LogP contribution >= 0.6 is 0 Å². The summed E-state index contributed by atoms with van der Waals surface area (Å²) in [6.45, 7) is 13.9. The standard InChI is InChI=1S/C27H45N5O2/c1-6-7-14-31-25(33)24(17-19(2)3)28-26(34)27(31)12-15-30(16-13-27)18-23-20(4)29-32(21(23)5)22-10-8-9-11-22/h19,22,24H,6-18H2,1-5H3,(H,28,34). The third kappa shape index (κ3) is 4.77. The van der Waals surface area contributed by atoms with Gasteiger partial charge in [0.15, 0.2) is 0 Å².